The summed E-state index contributed by atoms with van der Waals surface area (Å²) in [4.78, 5) is 39.6. The van der Waals surface area contributed by atoms with Crippen molar-refractivity contribution in [3.8, 4) is 0 Å². The minimum atomic E-state index is -2.01. The van der Waals surface area contributed by atoms with Crippen molar-refractivity contribution in [1.29, 1.82) is 0 Å². The third kappa shape index (κ3) is 2.89. The zero-order chi connectivity index (χ0) is 29.9. The minimum Gasteiger partial charge on any atom is -0.462 e. The molecule has 11 nitrogen and oxygen atoms in total. The van der Waals surface area contributed by atoms with Crippen LogP contribution in [-0.4, -0.2) is 91.6 Å². The van der Waals surface area contributed by atoms with E-state index < -0.39 is 112 Å². The van der Waals surface area contributed by atoms with E-state index in [1.807, 2.05) is 6.92 Å². The average Bonchev–Trinajstić information content (AvgIpc) is 3.58. The smallest absolute Gasteiger partial charge is 0.343 e. The van der Waals surface area contributed by atoms with Gasteiger partial charge in [-0.25, -0.2) is 4.79 Å². The van der Waals surface area contributed by atoms with Gasteiger partial charge >= 0.3 is 11.9 Å². The standard InChI is InChI=1S/C30H40O11/c1-9-7-13-29(5,30(6,38)26(37)41-13)18-15(9)28(4)17(23(18)39-10(2)31)14-16(21(34)24(28)35)27(3)11(19(32)20(14)33)8-12-22(40-12)25(27)36/h7,9,11-12,14-18,20-25,33-36,38H,8H2,1-6H3/t9-,11-,12+,14-,15+,16?,17-,18+,20-,21+,22+,23-,24+,25+,27+,28-,29+,30-/m1/s1. The maximum Gasteiger partial charge on any atom is 0.343 e. The third-order valence-electron chi connectivity index (χ3n) is 13.3. The number of rotatable bonds is 1. The molecule has 11 heteroatoms. The van der Waals surface area contributed by atoms with Gasteiger partial charge in [0.1, 0.15) is 24.1 Å². The highest BCUT2D eigenvalue weighted by atomic mass is 16.6. The van der Waals surface area contributed by atoms with Crippen LogP contribution in [0.2, 0.25) is 0 Å². The first-order valence-corrected chi connectivity index (χ1v) is 14.7. The van der Waals surface area contributed by atoms with Crippen LogP contribution in [-0.2, 0) is 28.6 Å². The zero-order valence-corrected chi connectivity index (χ0v) is 24.1. The Balaban J connectivity index is 1.46. The molecule has 4 saturated carbocycles. The molecule has 1 unspecified atom stereocenters. The summed E-state index contributed by atoms with van der Waals surface area (Å²) >= 11 is 0. The number of ketones is 1. The van der Waals surface area contributed by atoms with Gasteiger partial charge in [-0.3, -0.25) is 9.59 Å². The highest BCUT2D eigenvalue weighted by Gasteiger charge is 2.82. The maximum absolute atomic E-state index is 13.9. The second kappa shape index (κ2) is 7.98. The fourth-order valence-corrected chi connectivity index (χ4v) is 11.2. The van der Waals surface area contributed by atoms with Crippen LogP contribution in [0.3, 0.4) is 0 Å². The molecular weight excluding hydrogens is 536 g/mol. The molecule has 2 heterocycles. The van der Waals surface area contributed by atoms with Crippen molar-refractivity contribution >= 4 is 17.7 Å². The van der Waals surface area contributed by atoms with Crippen LogP contribution < -0.4 is 0 Å². The van der Waals surface area contributed by atoms with Gasteiger partial charge in [-0.15, -0.1) is 0 Å². The van der Waals surface area contributed by atoms with Gasteiger partial charge in [0.2, 0.25) is 0 Å². The number of Topliss-reactive ketones (excluding diaryl/α,β-unsaturated/α-hetero) is 1. The van der Waals surface area contributed by atoms with Crippen molar-refractivity contribution in [2.24, 2.45) is 57.7 Å². The number of fused-ring (bicyclic) bond motifs is 10. The molecule has 226 valence electrons. The number of aliphatic hydroxyl groups excluding tert-OH is 4. The Morgan fingerprint density at radius 2 is 1.63 bits per heavy atom. The SMILES string of the molecule is CC(=O)O[C@@H]1[C@H]2[C@H]3C([C@H](O)[C@H](O)[C@]2(C)[C@@H]2[C@@H]1[C@]1(C)C(=C[C@H]2C)OC(=O)[C@@]1(C)O)[C@]1(C)[C@H](C[C@@H]2O[C@@H]2[C@@H]1O)C(=O)[C@@H]3O. The molecule has 18 atom stereocenters. The summed E-state index contributed by atoms with van der Waals surface area (Å²) < 4.78 is 17.3. The van der Waals surface area contributed by atoms with E-state index in [-0.39, 0.29) is 17.8 Å². The molecule has 0 radical (unpaired) electrons. The number of ether oxygens (including phenoxy) is 3. The molecule has 0 bridgehead atoms. The fraction of sp³-hybridized carbons (Fsp3) is 0.833. The number of carbonyl (C=O) groups is 3. The summed E-state index contributed by atoms with van der Waals surface area (Å²) in [6, 6.07) is 0. The topological polar surface area (TPSA) is 183 Å². The predicted molar refractivity (Wildman–Crippen MR) is 137 cm³/mol. The van der Waals surface area contributed by atoms with Gasteiger partial charge in [-0.2, -0.15) is 0 Å². The Bertz CT molecular complexity index is 1280. The molecule has 5 aliphatic carbocycles. The zero-order valence-electron chi connectivity index (χ0n) is 24.1. The van der Waals surface area contributed by atoms with Gasteiger partial charge in [0.05, 0.1) is 29.8 Å². The van der Waals surface area contributed by atoms with Crippen LogP contribution in [0.1, 0.15) is 48.0 Å². The van der Waals surface area contributed by atoms with E-state index in [4.69, 9.17) is 14.2 Å². The van der Waals surface area contributed by atoms with Crippen molar-refractivity contribution in [2.75, 3.05) is 0 Å². The Hall–Kier alpha value is -1.89. The van der Waals surface area contributed by atoms with E-state index in [0.717, 1.165) is 0 Å². The van der Waals surface area contributed by atoms with Crippen molar-refractivity contribution < 1.29 is 54.1 Å². The number of aliphatic hydroxyl groups is 5. The van der Waals surface area contributed by atoms with Crippen molar-refractivity contribution in [3.63, 3.8) is 0 Å². The van der Waals surface area contributed by atoms with Crippen LogP contribution in [0.15, 0.2) is 11.8 Å². The molecule has 0 aromatic rings. The quantitative estimate of drug-likeness (QED) is 0.204. The summed E-state index contributed by atoms with van der Waals surface area (Å²) in [6.07, 6.45) is -5.36. The molecule has 41 heavy (non-hydrogen) atoms. The lowest BCUT2D eigenvalue weighted by molar-refractivity contribution is -0.262. The highest BCUT2D eigenvalue weighted by Crippen LogP contribution is 2.75. The number of epoxide rings is 1. The van der Waals surface area contributed by atoms with Crippen LogP contribution in [0.4, 0.5) is 0 Å². The Morgan fingerprint density at radius 1 is 0.976 bits per heavy atom. The van der Waals surface area contributed by atoms with Gasteiger partial charge in [0, 0.05) is 47.3 Å². The lowest BCUT2D eigenvalue weighted by Crippen LogP contribution is -2.73. The second-order valence-electron chi connectivity index (χ2n) is 14.7. The van der Waals surface area contributed by atoms with Gasteiger partial charge in [0.15, 0.2) is 11.4 Å². The molecule has 0 amide bonds. The summed E-state index contributed by atoms with van der Waals surface area (Å²) in [7, 11) is 0. The number of esters is 2. The Kier molecular flexibility index (Phi) is 5.43. The van der Waals surface area contributed by atoms with Gasteiger partial charge < -0.3 is 39.7 Å². The first-order chi connectivity index (χ1) is 19.0. The first-order valence-electron chi connectivity index (χ1n) is 14.7. The third-order valence-corrected chi connectivity index (χ3v) is 13.3. The predicted octanol–water partition coefficient (Wildman–Crippen LogP) is -0.300. The lowest BCUT2D eigenvalue weighted by Gasteiger charge is -2.64. The number of hydrogen-bond acceptors (Lipinski definition) is 11. The van der Waals surface area contributed by atoms with E-state index in [1.54, 1.807) is 26.8 Å². The van der Waals surface area contributed by atoms with Crippen molar-refractivity contribution in [1.82, 2.24) is 0 Å². The molecule has 0 aromatic carbocycles. The largest absolute Gasteiger partial charge is 0.462 e. The van der Waals surface area contributed by atoms with Crippen LogP contribution in [0, 0.1) is 57.7 Å². The number of hydrogen-bond donors (Lipinski definition) is 5. The van der Waals surface area contributed by atoms with E-state index in [9.17, 15) is 39.9 Å². The molecule has 7 rings (SSSR count). The molecule has 0 spiro atoms. The monoisotopic (exact) mass is 576 g/mol. The molecule has 0 aromatic heterocycles. The molecule has 7 aliphatic rings. The normalized spacial score (nSPS) is 61.8. The number of allylic oxidation sites excluding steroid dienone is 1. The second-order valence-corrected chi connectivity index (χ2v) is 14.7. The summed E-state index contributed by atoms with van der Waals surface area (Å²) in [5.41, 5.74) is -5.85. The lowest BCUT2D eigenvalue weighted by atomic mass is 9.41. The fourth-order valence-electron chi connectivity index (χ4n) is 11.2. The van der Waals surface area contributed by atoms with Crippen LogP contribution in [0.25, 0.3) is 0 Å². The molecule has 5 N–H and O–H groups in total. The van der Waals surface area contributed by atoms with Gasteiger partial charge in [-0.1, -0.05) is 20.8 Å². The van der Waals surface area contributed by atoms with E-state index in [1.165, 1.54) is 13.8 Å². The van der Waals surface area contributed by atoms with Gasteiger partial charge in [-0.05, 0) is 38.2 Å². The van der Waals surface area contributed by atoms with Crippen LogP contribution >= 0.6 is 0 Å². The van der Waals surface area contributed by atoms with Crippen molar-refractivity contribution in [3.05, 3.63) is 11.8 Å². The molecule has 6 fully saturated rings. The van der Waals surface area contributed by atoms with E-state index in [2.05, 4.69) is 0 Å². The molecular formula is C30H40O11. The first kappa shape index (κ1) is 27.9. The molecule has 2 aliphatic heterocycles. The minimum absolute atomic E-state index is 0.249. The number of carbonyl (C=O) groups excluding carboxylic acids is 3. The summed E-state index contributed by atoms with van der Waals surface area (Å²) in [6.45, 7) is 9.66. The van der Waals surface area contributed by atoms with Crippen molar-refractivity contribution in [2.45, 2.75) is 96.3 Å². The van der Waals surface area contributed by atoms with Crippen LogP contribution in [0.5, 0.6) is 0 Å². The summed E-state index contributed by atoms with van der Waals surface area (Å²) in [5.74, 6) is -7.01. The van der Waals surface area contributed by atoms with E-state index >= 15 is 0 Å². The summed E-state index contributed by atoms with van der Waals surface area (Å²) in [5, 5.41) is 59.0. The maximum atomic E-state index is 13.9. The highest BCUT2D eigenvalue weighted by molar-refractivity contribution is 5.88. The molecule has 2 saturated heterocycles. The van der Waals surface area contributed by atoms with E-state index in [0.29, 0.717) is 6.42 Å². The Labute approximate surface area is 237 Å². The average molecular weight is 577 g/mol. The van der Waals surface area contributed by atoms with Gasteiger partial charge in [0.25, 0.3) is 0 Å². The Morgan fingerprint density at radius 3 is 2.27 bits per heavy atom.